The van der Waals surface area contributed by atoms with Crippen LogP contribution in [-0.4, -0.2) is 235 Å². The molecule has 576 valence electrons. The fourth-order valence-electron chi connectivity index (χ4n) is 11.4. The third kappa shape index (κ3) is 21.2. The van der Waals surface area contributed by atoms with Gasteiger partial charge in [-0.3, -0.25) is 71.3 Å². The number of carbonyl (C=O) groups excluding carboxylic acids is 4. The summed E-state index contributed by atoms with van der Waals surface area (Å²) in [4.78, 5) is 173. The van der Waals surface area contributed by atoms with E-state index in [1.807, 2.05) is 0 Å². The fourth-order valence-corrected chi connectivity index (χ4v) is 15.6. The topological polar surface area (TPSA) is 624 Å². The van der Waals surface area contributed by atoms with E-state index in [4.69, 9.17) is 118 Å². The quantitative estimate of drug-likeness (QED) is 0.0106. The molecule has 0 radical (unpaired) electrons. The van der Waals surface area contributed by atoms with E-state index >= 15 is 4.57 Å². The van der Waals surface area contributed by atoms with Crippen molar-refractivity contribution in [2.24, 2.45) is 0 Å². The molecule has 14 N–H and O–H groups in total. The molecule has 4 aliphatic heterocycles. The number of nitrogens with two attached hydrogens (primary N) is 3. The van der Waals surface area contributed by atoms with Gasteiger partial charge in [0.05, 0.1) is 38.6 Å². The van der Waals surface area contributed by atoms with Gasteiger partial charge >= 0.3 is 100 Å². The van der Waals surface area contributed by atoms with Gasteiger partial charge in [-0.2, -0.15) is 15.0 Å². The van der Waals surface area contributed by atoms with Gasteiger partial charge in [0.25, 0.3) is 16.7 Å². The van der Waals surface area contributed by atoms with Crippen LogP contribution in [0.1, 0.15) is 49.4 Å². The minimum Gasteiger partial charge on any atom is -0.780 e. The number of likely N-dealkylation sites (N-methyl/N-ethyl adjacent to an activating group) is 4. The monoisotopic (exact) mass is 1660 g/mol. The molecule has 46 nitrogen and oxygen atoms in total. The van der Waals surface area contributed by atoms with Crippen LogP contribution in [0.2, 0.25) is 0 Å². The van der Waals surface area contributed by atoms with Crippen molar-refractivity contribution in [2.45, 2.75) is 125 Å². The van der Waals surface area contributed by atoms with Gasteiger partial charge in [0.1, 0.15) is 113 Å². The van der Waals surface area contributed by atoms with Gasteiger partial charge in [0, 0.05) is 51.7 Å². The van der Waals surface area contributed by atoms with Crippen molar-refractivity contribution in [1.29, 1.82) is 0 Å². The number of nitrogen functional groups attached to an aromatic ring is 3. The van der Waals surface area contributed by atoms with Crippen molar-refractivity contribution >= 4 is 120 Å². The van der Waals surface area contributed by atoms with Gasteiger partial charge < -0.3 is 131 Å². The Balaban J connectivity index is 0.00000541. The molecule has 19 atom stereocenters. The Labute approximate surface area is 690 Å². The van der Waals surface area contributed by atoms with Crippen LogP contribution < -0.4 is 165 Å². The summed E-state index contributed by atoms with van der Waals surface area (Å²) in [5, 5.41) is 21.1. The Bertz CT molecular complexity index is 4720. The van der Waals surface area contributed by atoms with Crippen LogP contribution in [0.5, 0.6) is 0 Å². The van der Waals surface area contributed by atoms with E-state index in [1.165, 1.54) is 54.4 Å². The van der Waals surface area contributed by atoms with Gasteiger partial charge in [0.2, 0.25) is 35.5 Å². The van der Waals surface area contributed by atoms with Crippen LogP contribution in [0.25, 0.3) is 22.3 Å². The molecule has 0 aliphatic carbocycles. The zero-order valence-corrected chi connectivity index (χ0v) is 70.2. The van der Waals surface area contributed by atoms with E-state index in [1.54, 1.807) is 6.92 Å². The second-order valence-electron chi connectivity index (χ2n) is 23.4. The maximum absolute atomic E-state index is 15.3. The van der Waals surface area contributed by atoms with Gasteiger partial charge in [-0.15, -0.1) is 0 Å². The predicted octanol–water partition coefficient (Wildman–Crippen LogP) is -15.6. The van der Waals surface area contributed by atoms with E-state index in [0.717, 1.165) is 30.9 Å². The summed E-state index contributed by atoms with van der Waals surface area (Å²) in [5.74, 6) is -3.80. The molecular formula is C53H71N19Na3O27P3S3. The molecule has 4 amide bonds. The van der Waals surface area contributed by atoms with Crippen molar-refractivity contribution in [3.63, 3.8) is 0 Å². The summed E-state index contributed by atoms with van der Waals surface area (Å²) in [5.41, 5.74) is 12.7. The number of rotatable bonds is 32. The normalized spacial score (nSPS) is 27.0. The zero-order chi connectivity index (χ0) is 76.3. The van der Waals surface area contributed by atoms with Crippen molar-refractivity contribution in [2.75, 3.05) is 91.6 Å². The smallest absolute Gasteiger partial charge is 0.780 e. The van der Waals surface area contributed by atoms with Crippen LogP contribution in [0.3, 0.4) is 0 Å². The Morgan fingerprint density at radius 1 is 0.556 bits per heavy atom. The summed E-state index contributed by atoms with van der Waals surface area (Å²) in [6, 6.07) is 0. The number of carbonyl (C=O) groups is 4. The first kappa shape index (κ1) is 90.9. The molecule has 6 aromatic rings. The third-order valence-corrected chi connectivity index (χ3v) is 21.2. The van der Waals surface area contributed by atoms with Crippen molar-refractivity contribution in [3.8, 4) is 0 Å². The Hall–Kier alpha value is -4.26. The number of imidazole rings is 2. The average Bonchev–Trinajstić information content (AvgIpc) is 1.61. The molecule has 4 aliphatic rings. The zero-order valence-electron chi connectivity index (χ0n) is 59.1. The van der Waals surface area contributed by atoms with E-state index in [2.05, 4.69) is 61.1 Å². The van der Waals surface area contributed by atoms with Crippen molar-refractivity contribution in [3.05, 3.63) is 88.2 Å². The molecule has 0 spiro atoms. The van der Waals surface area contributed by atoms with Gasteiger partial charge in [-0.25, -0.2) is 19.6 Å². The molecule has 55 heteroatoms. The number of anilines is 3. The van der Waals surface area contributed by atoms with E-state index < -0.39 is 228 Å². The standard InChI is InChI=1S/C53H74N19O27P3S3.3Na/c1-8-22-33(37(87-15-27(74)58-5)47(93-22)70-10-21(3)43(78)68-53(70)82)97-101(84,104)91-12-24-35(39(89-17-29(76)60-7)49(95-24)72-19-62-31-42(72)65-51(56)67-45(31)80)99-102(85,105)92-13-25-34(38(88-16-28(75)59-6)48(96-25)71-18-61-30-41(71)64-50(55)66-44(30)79)98-100(83,103)90-11-23-32(77)36(86-14-26(73)57-4)46(94-23)69-9-20(2)40(54)63-52(69)81;;;/h9-10,18-19,22-25,32-39,46-49,77H,8,11-17H2,1-7H3,(H,57,73)(H,58,74)(H,59,75)(H,60,76)(H,83,103)(H,84,104)(H,85,105)(H2,54,63,81)(H,68,78,82)(H3,55,64,66,79)(H3,56,65,67,80);;;/q;3*+1/p-3/t22-,23-,24-,25-,32?,33?,34?,35?,36+,37+,38+,39+,46-,47-,48-,49-,100?,101?,102?;;;/m1.../s1. The predicted molar refractivity (Wildman–Crippen MR) is 362 cm³/mol. The Morgan fingerprint density at radius 2 is 0.935 bits per heavy atom. The number of aliphatic hydroxyl groups is 1. The minimum atomic E-state index is -5.29. The first-order valence-corrected chi connectivity index (χ1v) is 39.0. The summed E-state index contributed by atoms with van der Waals surface area (Å²) in [6.45, 7) is -16.9. The van der Waals surface area contributed by atoms with Crippen LogP contribution >= 0.6 is 20.2 Å². The molecule has 7 unspecified atom stereocenters. The first-order chi connectivity index (χ1) is 49.7. The Kier molecular flexibility index (Phi) is 32.6. The van der Waals surface area contributed by atoms with Crippen LogP contribution in [0.4, 0.5) is 17.7 Å². The Morgan fingerprint density at radius 3 is 1.39 bits per heavy atom. The van der Waals surface area contributed by atoms with Gasteiger partial charge in [-0.1, -0.05) is 30.5 Å². The molecular weight excluding hydrogens is 1590 g/mol. The van der Waals surface area contributed by atoms with E-state index in [9.17, 15) is 58.0 Å². The number of fused-ring (bicyclic) bond motifs is 2. The van der Waals surface area contributed by atoms with E-state index in [-0.39, 0.29) is 129 Å². The molecule has 6 aromatic heterocycles. The number of hydrogen-bond donors (Lipinski definition) is 11. The van der Waals surface area contributed by atoms with Crippen molar-refractivity contribution < 1.29 is 192 Å². The fraction of sp³-hybridized carbons (Fsp3) is 0.585. The number of aromatic nitrogens is 12. The second-order valence-corrected chi connectivity index (χ2v) is 31.5. The number of aryl methyl sites for hydroxylation is 2. The van der Waals surface area contributed by atoms with Crippen LogP contribution in [0.15, 0.2) is 49.0 Å². The SMILES string of the molecule is CC[C@H]1O[C@@H](n2cc(C)c(=O)[nH]c2=O)[C@@H](OCC(=O)NC)C1OP([O-])(=S)OC[C@H]1O[C@@H](n2cnc3c(=O)[nH]c(N)nc32)[C@@H](OCC(=O)NC)C1OP(=O)([S-])OC[C@H]1O[C@@H](n2cnc3c(=O)[nH]c(N)nc32)[C@@H](OCC(=O)NC)C1OP([O-])(=S)OC[C@H]1O[C@@H](n2cc(C)c(N)nc2=O)[C@@H](OCC(=O)NC)C1O.[Na+].[Na+].[Na+]. The van der Waals surface area contributed by atoms with Crippen LogP contribution in [0, 0.1) is 13.8 Å². The average molecular weight is 1660 g/mol. The summed E-state index contributed by atoms with van der Waals surface area (Å²) in [6.07, 6.45) is -21.9. The second kappa shape index (κ2) is 38.7. The molecule has 0 saturated carbocycles. The summed E-state index contributed by atoms with van der Waals surface area (Å²) < 4.78 is 104. The number of amides is 4. The molecule has 108 heavy (non-hydrogen) atoms. The number of nitrogens with one attached hydrogen (secondary N) is 7. The molecule has 4 saturated heterocycles. The number of aromatic amines is 3. The minimum absolute atomic E-state index is 0. The molecule has 4 fully saturated rings. The number of hydrogen-bond acceptors (Lipinski definition) is 38. The number of nitrogens with zero attached hydrogens (tertiary/aromatic N) is 9. The third-order valence-electron chi connectivity index (χ3n) is 16.6. The number of H-pyrrole nitrogens is 3. The summed E-state index contributed by atoms with van der Waals surface area (Å²) in [7, 11) is 5.16. The largest absolute Gasteiger partial charge is 1.00 e. The summed E-state index contributed by atoms with van der Waals surface area (Å²) >= 11 is 16.5. The van der Waals surface area contributed by atoms with Gasteiger partial charge in [0.15, 0.2) is 54.0 Å². The van der Waals surface area contributed by atoms with E-state index in [0.29, 0.717) is 5.56 Å². The number of aliphatic hydroxyl groups excluding tert-OH is 1. The molecule has 10 rings (SSSR count). The first-order valence-electron chi connectivity index (χ1n) is 31.3. The maximum Gasteiger partial charge on any atom is 1.00 e. The molecule has 0 bridgehead atoms. The van der Waals surface area contributed by atoms with Crippen molar-refractivity contribution in [1.82, 2.24) is 79.4 Å². The van der Waals surface area contributed by atoms with Gasteiger partial charge in [-0.05, 0) is 20.3 Å². The van der Waals surface area contributed by atoms with Crippen LogP contribution in [-0.2, 0) is 125 Å². The maximum atomic E-state index is 15.3. The molecule has 10 heterocycles. The number of ether oxygens (including phenoxy) is 8. The molecule has 0 aromatic carbocycles.